The molecule has 0 atom stereocenters. The third-order valence-electron chi connectivity index (χ3n) is 4.45. The van der Waals surface area contributed by atoms with E-state index in [4.69, 9.17) is 23.2 Å². The molecule has 0 fully saturated rings. The lowest BCUT2D eigenvalue weighted by Gasteiger charge is -2.09. The van der Waals surface area contributed by atoms with Crippen molar-refractivity contribution in [3.63, 3.8) is 0 Å². The molecule has 0 unspecified atom stereocenters. The lowest BCUT2D eigenvalue weighted by Crippen LogP contribution is -2.12. The Hall–Kier alpha value is -3.15. The van der Waals surface area contributed by atoms with Crippen LogP contribution in [0.4, 0.5) is 5.69 Å². The molecule has 0 bridgehead atoms. The summed E-state index contributed by atoms with van der Waals surface area (Å²) in [6.07, 6.45) is 1.72. The molecule has 0 saturated carbocycles. The number of hydrogen-bond acceptors (Lipinski definition) is 3. The highest BCUT2D eigenvalue weighted by Gasteiger charge is 2.11. The summed E-state index contributed by atoms with van der Waals surface area (Å²) in [6.45, 7) is 2.04. The first-order chi connectivity index (χ1) is 14.0. The van der Waals surface area contributed by atoms with Crippen LogP contribution in [0.25, 0.3) is 16.9 Å². The van der Waals surface area contributed by atoms with Crippen molar-refractivity contribution in [2.75, 3.05) is 5.32 Å². The molecule has 1 N–H and O–H groups in total. The Labute approximate surface area is 177 Å². The molecule has 4 aromatic rings. The molecule has 0 aliphatic carbocycles. The maximum Gasteiger partial charge on any atom is 0.255 e. The SMILES string of the molecule is Cc1ccc(-c2cnnn2-c2ccc(C(=O)Nc3ccc(Cl)c(Cl)c3)cc2)cc1. The van der Waals surface area contributed by atoms with Crippen LogP contribution in [0.1, 0.15) is 15.9 Å². The van der Waals surface area contributed by atoms with Crippen molar-refractivity contribution in [1.29, 1.82) is 0 Å². The summed E-state index contributed by atoms with van der Waals surface area (Å²) in [4.78, 5) is 12.5. The second kappa shape index (κ2) is 8.07. The van der Waals surface area contributed by atoms with Crippen LogP contribution in [-0.4, -0.2) is 20.9 Å². The second-order valence-electron chi connectivity index (χ2n) is 6.53. The highest BCUT2D eigenvalue weighted by atomic mass is 35.5. The molecule has 1 aromatic heterocycles. The Morgan fingerprint density at radius 1 is 0.931 bits per heavy atom. The first kappa shape index (κ1) is 19.2. The minimum absolute atomic E-state index is 0.243. The summed E-state index contributed by atoms with van der Waals surface area (Å²) >= 11 is 11.9. The number of aromatic nitrogens is 3. The smallest absolute Gasteiger partial charge is 0.255 e. The van der Waals surface area contributed by atoms with Crippen molar-refractivity contribution >= 4 is 34.8 Å². The van der Waals surface area contributed by atoms with Crippen LogP contribution in [0.3, 0.4) is 0 Å². The fourth-order valence-corrected chi connectivity index (χ4v) is 3.18. The van der Waals surface area contributed by atoms with E-state index < -0.39 is 0 Å². The van der Waals surface area contributed by atoms with Crippen molar-refractivity contribution in [2.24, 2.45) is 0 Å². The predicted molar refractivity (Wildman–Crippen MR) is 116 cm³/mol. The number of nitrogens with one attached hydrogen (secondary N) is 1. The number of halogens is 2. The molecular weight excluding hydrogens is 407 g/mol. The normalized spacial score (nSPS) is 10.7. The van der Waals surface area contributed by atoms with E-state index in [9.17, 15) is 4.79 Å². The number of hydrogen-bond donors (Lipinski definition) is 1. The topological polar surface area (TPSA) is 59.8 Å². The lowest BCUT2D eigenvalue weighted by atomic mass is 10.1. The summed E-state index contributed by atoms with van der Waals surface area (Å²) in [5.74, 6) is -0.243. The average molecular weight is 423 g/mol. The third kappa shape index (κ3) is 4.16. The monoisotopic (exact) mass is 422 g/mol. The number of anilines is 1. The zero-order chi connectivity index (χ0) is 20.4. The van der Waals surface area contributed by atoms with E-state index in [1.165, 1.54) is 5.56 Å². The van der Waals surface area contributed by atoms with Gasteiger partial charge in [0.15, 0.2) is 0 Å². The van der Waals surface area contributed by atoms with Gasteiger partial charge in [0.2, 0.25) is 0 Å². The van der Waals surface area contributed by atoms with Crippen LogP contribution < -0.4 is 5.32 Å². The van der Waals surface area contributed by atoms with E-state index in [2.05, 4.69) is 15.6 Å². The number of aryl methyl sites for hydroxylation is 1. The van der Waals surface area contributed by atoms with Gasteiger partial charge in [-0.3, -0.25) is 4.79 Å². The van der Waals surface area contributed by atoms with Gasteiger partial charge in [-0.2, -0.15) is 0 Å². The maximum absolute atomic E-state index is 12.5. The first-order valence-corrected chi connectivity index (χ1v) is 9.61. The molecule has 144 valence electrons. The van der Waals surface area contributed by atoms with Gasteiger partial charge in [0.05, 0.1) is 27.6 Å². The van der Waals surface area contributed by atoms with Crippen molar-refractivity contribution in [1.82, 2.24) is 15.0 Å². The second-order valence-corrected chi connectivity index (χ2v) is 7.34. The minimum atomic E-state index is -0.243. The van der Waals surface area contributed by atoms with Crippen molar-refractivity contribution in [3.05, 3.63) is 94.1 Å². The highest BCUT2D eigenvalue weighted by molar-refractivity contribution is 6.42. The molecule has 0 saturated heterocycles. The molecular formula is C22H16Cl2N4O. The van der Waals surface area contributed by atoms with Crippen LogP contribution in [0.5, 0.6) is 0 Å². The van der Waals surface area contributed by atoms with E-state index in [0.717, 1.165) is 16.9 Å². The molecule has 1 amide bonds. The summed E-state index contributed by atoms with van der Waals surface area (Å²) in [5, 5.41) is 11.8. The van der Waals surface area contributed by atoms with E-state index in [0.29, 0.717) is 21.3 Å². The van der Waals surface area contributed by atoms with Crippen LogP contribution in [0.15, 0.2) is 72.9 Å². The molecule has 0 spiro atoms. The quantitative estimate of drug-likeness (QED) is 0.451. The largest absolute Gasteiger partial charge is 0.322 e. The summed E-state index contributed by atoms with van der Waals surface area (Å²) < 4.78 is 1.74. The number of amides is 1. The van der Waals surface area contributed by atoms with Crippen molar-refractivity contribution < 1.29 is 4.79 Å². The summed E-state index contributed by atoms with van der Waals surface area (Å²) in [5.41, 5.74) is 4.97. The zero-order valence-corrected chi connectivity index (χ0v) is 16.9. The summed E-state index contributed by atoms with van der Waals surface area (Å²) in [6, 6.07) is 20.2. The van der Waals surface area contributed by atoms with E-state index in [-0.39, 0.29) is 5.91 Å². The molecule has 29 heavy (non-hydrogen) atoms. The van der Waals surface area contributed by atoms with Gasteiger partial charge >= 0.3 is 0 Å². The molecule has 0 radical (unpaired) electrons. The molecule has 1 heterocycles. The Bertz CT molecular complexity index is 1170. The molecule has 5 nitrogen and oxygen atoms in total. The summed E-state index contributed by atoms with van der Waals surface area (Å²) in [7, 11) is 0. The number of rotatable bonds is 4. The zero-order valence-electron chi connectivity index (χ0n) is 15.4. The molecule has 0 aliphatic heterocycles. The van der Waals surface area contributed by atoms with E-state index in [1.54, 1.807) is 41.2 Å². The van der Waals surface area contributed by atoms with Crippen molar-refractivity contribution in [3.8, 4) is 16.9 Å². The van der Waals surface area contributed by atoms with Gasteiger partial charge in [-0.25, -0.2) is 4.68 Å². The maximum atomic E-state index is 12.5. The van der Waals surface area contributed by atoms with Gasteiger partial charge in [0, 0.05) is 16.8 Å². The van der Waals surface area contributed by atoms with Crippen molar-refractivity contribution in [2.45, 2.75) is 6.92 Å². The molecule has 0 aliphatic rings. The Balaban J connectivity index is 1.55. The Morgan fingerprint density at radius 3 is 2.34 bits per heavy atom. The molecule has 3 aromatic carbocycles. The standard InChI is InChI=1S/C22H16Cl2N4O/c1-14-2-4-15(5-3-14)21-13-25-27-28(21)18-9-6-16(7-10-18)22(29)26-17-8-11-19(23)20(24)12-17/h2-13H,1H3,(H,26,29). The predicted octanol–water partition coefficient (Wildman–Crippen LogP) is 5.80. The number of carbonyl (C=O) groups is 1. The van der Waals surface area contributed by atoms with Gasteiger partial charge in [0.1, 0.15) is 0 Å². The van der Waals surface area contributed by atoms with Gasteiger partial charge in [-0.15, -0.1) is 5.10 Å². The minimum Gasteiger partial charge on any atom is -0.322 e. The van der Waals surface area contributed by atoms with E-state index in [1.807, 2.05) is 43.3 Å². The van der Waals surface area contributed by atoms with Gasteiger partial charge < -0.3 is 5.32 Å². The highest BCUT2D eigenvalue weighted by Crippen LogP contribution is 2.26. The molecule has 4 rings (SSSR count). The van der Waals surface area contributed by atoms with E-state index >= 15 is 0 Å². The van der Waals surface area contributed by atoms with Crippen LogP contribution in [-0.2, 0) is 0 Å². The number of carbonyl (C=O) groups excluding carboxylic acids is 1. The molecule has 7 heteroatoms. The fraction of sp³-hybridized carbons (Fsp3) is 0.0455. The van der Waals surface area contributed by atoms with Crippen LogP contribution in [0.2, 0.25) is 10.0 Å². The van der Waals surface area contributed by atoms with Gasteiger partial charge in [0.25, 0.3) is 5.91 Å². The van der Waals surface area contributed by atoms with Crippen LogP contribution in [0, 0.1) is 6.92 Å². The van der Waals surface area contributed by atoms with Crippen LogP contribution >= 0.6 is 23.2 Å². The average Bonchev–Trinajstić information content (AvgIpc) is 3.21. The Morgan fingerprint density at radius 2 is 1.66 bits per heavy atom. The first-order valence-electron chi connectivity index (χ1n) is 8.86. The third-order valence-corrected chi connectivity index (χ3v) is 5.19. The fourth-order valence-electron chi connectivity index (χ4n) is 2.88. The number of benzene rings is 3. The number of nitrogens with zero attached hydrogens (tertiary/aromatic N) is 3. The lowest BCUT2D eigenvalue weighted by molar-refractivity contribution is 0.102. The Kier molecular flexibility index (Phi) is 5.34. The van der Waals surface area contributed by atoms with Gasteiger partial charge in [-0.05, 0) is 49.4 Å². The van der Waals surface area contributed by atoms with Gasteiger partial charge in [-0.1, -0.05) is 58.2 Å².